The van der Waals surface area contributed by atoms with Gasteiger partial charge in [0.2, 0.25) is 5.95 Å². The molecule has 0 saturated heterocycles. The third kappa shape index (κ3) is 3.09. The standard InChI is InChI=1S/C20H28N4O/c1-7-18-16(6)21-20-23(17-9-8-14(4)15(5)10-17)11-22(13(2)3)12-24(20)19(18)25/h8-10,13H,7,11-12H2,1-6H3. The van der Waals surface area contributed by atoms with Gasteiger partial charge < -0.3 is 0 Å². The van der Waals surface area contributed by atoms with Crippen LogP contribution in [0, 0.1) is 20.8 Å². The Labute approximate surface area is 149 Å². The molecular weight excluding hydrogens is 312 g/mol. The summed E-state index contributed by atoms with van der Waals surface area (Å²) in [5, 5.41) is 0. The largest absolute Gasteiger partial charge is 0.298 e. The summed E-state index contributed by atoms with van der Waals surface area (Å²) in [6, 6.07) is 6.78. The quantitative estimate of drug-likeness (QED) is 0.857. The van der Waals surface area contributed by atoms with E-state index in [2.05, 4.69) is 55.7 Å². The Morgan fingerprint density at radius 2 is 1.84 bits per heavy atom. The summed E-state index contributed by atoms with van der Waals surface area (Å²) in [5.41, 5.74) is 5.33. The lowest BCUT2D eigenvalue weighted by molar-refractivity contribution is 0.156. The van der Waals surface area contributed by atoms with Gasteiger partial charge in [-0.15, -0.1) is 0 Å². The Morgan fingerprint density at radius 3 is 2.44 bits per heavy atom. The van der Waals surface area contributed by atoms with Crippen molar-refractivity contribution in [3.05, 3.63) is 50.9 Å². The molecule has 0 bridgehead atoms. The molecule has 1 aliphatic rings. The van der Waals surface area contributed by atoms with Gasteiger partial charge in [0.15, 0.2) is 0 Å². The van der Waals surface area contributed by atoms with E-state index in [1.165, 1.54) is 11.1 Å². The zero-order chi connectivity index (χ0) is 18.3. The highest BCUT2D eigenvalue weighted by molar-refractivity contribution is 5.60. The molecule has 1 aliphatic heterocycles. The predicted octanol–water partition coefficient (Wildman–Crippen LogP) is 3.51. The van der Waals surface area contributed by atoms with Crippen molar-refractivity contribution < 1.29 is 0 Å². The third-order valence-electron chi connectivity index (χ3n) is 5.22. The van der Waals surface area contributed by atoms with Crippen molar-refractivity contribution in [2.45, 2.75) is 60.7 Å². The molecule has 0 spiro atoms. The zero-order valence-electron chi connectivity index (χ0n) is 16.1. The molecule has 134 valence electrons. The molecule has 1 aromatic heterocycles. The Morgan fingerprint density at radius 1 is 1.12 bits per heavy atom. The Kier molecular flexibility index (Phi) is 4.69. The van der Waals surface area contributed by atoms with E-state index in [4.69, 9.17) is 4.98 Å². The first-order valence-electron chi connectivity index (χ1n) is 9.02. The van der Waals surface area contributed by atoms with Gasteiger partial charge in [0.05, 0.1) is 13.3 Å². The van der Waals surface area contributed by atoms with Crippen LogP contribution in [0.5, 0.6) is 0 Å². The molecule has 0 unspecified atom stereocenters. The summed E-state index contributed by atoms with van der Waals surface area (Å²) >= 11 is 0. The normalized spacial score (nSPS) is 14.9. The number of rotatable bonds is 3. The van der Waals surface area contributed by atoms with E-state index >= 15 is 0 Å². The first-order chi connectivity index (χ1) is 11.8. The molecule has 0 aliphatic carbocycles. The van der Waals surface area contributed by atoms with Crippen molar-refractivity contribution in [2.75, 3.05) is 11.6 Å². The molecule has 0 N–H and O–H groups in total. The van der Waals surface area contributed by atoms with Crippen molar-refractivity contribution >= 4 is 11.6 Å². The predicted molar refractivity (Wildman–Crippen MR) is 103 cm³/mol. The zero-order valence-corrected chi connectivity index (χ0v) is 16.1. The fourth-order valence-corrected chi connectivity index (χ4v) is 3.32. The fourth-order valence-electron chi connectivity index (χ4n) is 3.32. The van der Waals surface area contributed by atoms with Crippen LogP contribution in [0.25, 0.3) is 0 Å². The summed E-state index contributed by atoms with van der Waals surface area (Å²) in [6.07, 6.45) is 0.712. The molecule has 0 amide bonds. The lowest BCUT2D eigenvalue weighted by Crippen LogP contribution is -2.50. The Bertz CT molecular complexity index is 854. The topological polar surface area (TPSA) is 41.4 Å². The molecule has 0 radical (unpaired) electrons. The van der Waals surface area contributed by atoms with Crippen molar-refractivity contribution in [3.63, 3.8) is 0 Å². The van der Waals surface area contributed by atoms with Crippen LogP contribution in [0.15, 0.2) is 23.0 Å². The van der Waals surface area contributed by atoms with Gasteiger partial charge in [0.25, 0.3) is 5.56 Å². The third-order valence-corrected chi connectivity index (χ3v) is 5.22. The van der Waals surface area contributed by atoms with E-state index in [0.29, 0.717) is 19.1 Å². The molecule has 0 atom stereocenters. The molecule has 5 heteroatoms. The van der Waals surface area contributed by atoms with Crippen molar-refractivity contribution in [1.82, 2.24) is 14.5 Å². The Hall–Kier alpha value is -2.14. The fraction of sp³-hybridized carbons (Fsp3) is 0.500. The van der Waals surface area contributed by atoms with Gasteiger partial charge in [-0.05, 0) is 64.3 Å². The van der Waals surface area contributed by atoms with E-state index < -0.39 is 0 Å². The second-order valence-corrected chi connectivity index (χ2v) is 7.22. The molecule has 2 heterocycles. The summed E-state index contributed by atoms with van der Waals surface area (Å²) in [7, 11) is 0. The summed E-state index contributed by atoms with van der Waals surface area (Å²) < 4.78 is 1.82. The van der Waals surface area contributed by atoms with Crippen LogP contribution in [0.1, 0.15) is 43.2 Å². The molecule has 2 aromatic rings. The molecule has 0 fully saturated rings. The number of aromatic nitrogens is 2. The molecule has 3 rings (SSSR count). The van der Waals surface area contributed by atoms with Crippen molar-refractivity contribution in [1.29, 1.82) is 0 Å². The number of fused-ring (bicyclic) bond motifs is 1. The van der Waals surface area contributed by atoms with Crippen LogP contribution in [0.3, 0.4) is 0 Å². The minimum Gasteiger partial charge on any atom is -0.298 e. The lowest BCUT2D eigenvalue weighted by atomic mass is 10.1. The van der Waals surface area contributed by atoms with Crippen molar-refractivity contribution in [2.24, 2.45) is 0 Å². The second-order valence-electron chi connectivity index (χ2n) is 7.22. The molecular formula is C20H28N4O. The minimum atomic E-state index is 0.0872. The van der Waals surface area contributed by atoms with E-state index in [1.807, 2.05) is 18.4 Å². The number of benzene rings is 1. The minimum absolute atomic E-state index is 0.0872. The highest BCUT2D eigenvalue weighted by Gasteiger charge is 2.28. The highest BCUT2D eigenvalue weighted by Crippen LogP contribution is 2.29. The van der Waals surface area contributed by atoms with Gasteiger partial charge in [-0.1, -0.05) is 13.0 Å². The van der Waals surface area contributed by atoms with Crippen LogP contribution in [0.4, 0.5) is 11.6 Å². The van der Waals surface area contributed by atoms with Crippen molar-refractivity contribution in [3.8, 4) is 0 Å². The average Bonchev–Trinajstić information content (AvgIpc) is 2.57. The van der Waals surface area contributed by atoms with Gasteiger partial charge in [-0.3, -0.25) is 19.2 Å². The van der Waals surface area contributed by atoms with Gasteiger partial charge in [0.1, 0.15) is 0 Å². The lowest BCUT2D eigenvalue weighted by Gasteiger charge is -2.40. The SMILES string of the molecule is CCc1c(C)nc2n(c1=O)CN(C(C)C)CN2c1ccc(C)c(C)c1. The molecule has 0 saturated carbocycles. The van der Waals surface area contributed by atoms with Gasteiger partial charge in [-0.2, -0.15) is 0 Å². The van der Waals surface area contributed by atoms with Crippen LogP contribution >= 0.6 is 0 Å². The molecule has 1 aromatic carbocycles. The second kappa shape index (κ2) is 6.64. The summed E-state index contributed by atoms with van der Waals surface area (Å²) in [5.74, 6) is 0.750. The highest BCUT2D eigenvalue weighted by atomic mass is 16.1. The van der Waals surface area contributed by atoms with Gasteiger partial charge >= 0.3 is 0 Å². The first-order valence-corrected chi connectivity index (χ1v) is 9.02. The smallest absolute Gasteiger partial charge is 0.259 e. The number of nitrogens with zero attached hydrogens (tertiary/aromatic N) is 4. The van der Waals surface area contributed by atoms with E-state index in [9.17, 15) is 4.79 Å². The maximum Gasteiger partial charge on any atom is 0.259 e. The van der Waals surface area contributed by atoms with E-state index in [1.54, 1.807) is 0 Å². The van der Waals surface area contributed by atoms with Gasteiger partial charge in [-0.25, -0.2) is 4.98 Å². The Balaban J connectivity index is 2.20. The summed E-state index contributed by atoms with van der Waals surface area (Å²) in [4.78, 5) is 22.3. The van der Waals surface area contributed by atoms with Crippen LogP contribution < -0.4 is 10.5 Å². The van der Waals surface area contributed by atoms with Gasteiger partial charge in [0, 0.05) is 23.0 Å². The van der Waals surface area contributed by atoms with Crippen LogP contribution in [0.2, 0.25) is 0 Å². The maximum absolute atomic E-state index is 13.0. The van der Waals surface area contributed by atoms with Crippen LogP contribution in [-0.2, 0) is 13.1 Å². The number of hydrogen-bond donors (Lipinski definition) is 0. The van der Waals surface area contributed by atoms with Crippen LogP contribution in [-0.4, -0.2) is 27.2 Å². The monoisotopic (exact) mass is 340 g/mol. The first kappa shape index (κ1) is 17.7. The summed E-state index contributed by atoms with van der Waals surface area (Å²) in [6.45, 7) is 13.8. The average molecular weight is 340 g/mol. The van der Waals surface area contributed by atoms with E-state index in [-0.39, 0.29) is 5.56 Å². The van der Waals surface area contributed by atoms with E-state index in [0.717, 1.165) is 29.6 Å². The maximum atomic E-state index is 13.0. The molecule has 25 heavy (non-hydrogen) atoms. The number of anilines is 2. The number of hydrogen-bond acceptors (Lipinski definition) is 4. The number of aryl methyl sites for hydroxylation is 3. The molecule has 5 nitrogen and oxygen atoms in total.